The molecule has 3 rings (SSSR count). The summed E-state index contributed by atoms with van der Waals surface area (Å²) < 4.78 is 0. The molecule has 1 heterocycles. The van der Waals surface area contributed by atoms with E-state index in [4.69, 9.17) is 0 Å². The van der Waals surface area contributed by atoms with Gasteiger partial charge in [-0.3, -0.25) is 9.69 Å². The number of amides is 1. The van der Waals surface area contributed by atoms with Gasteiger partial charge in [0.2, 0.25) is 5.91 Å². The predicted molar refractivity (Wildman–Crippen MR) is 98.7 cm³/mol. The Bertz CT molecular complexity index is 619. The number of carbonyl (C=O) groups excluding carboxylic acids is 1. The van der Waals surface area contributed by atoms with Gasteiger partial charge < -0.3 is 5.32 Å². The van der Waals surface area contributed by atoms with Gasteiger partial charge in [0.15, 0.2) is 0 Å². The first-order valence-electron chi connectivity index (χ1n) is 8.91. The number of nitrogens with one attached hydrogen (secondary N) is 1. The van der Waals surface area contributed by atoms with E-state index in [0.29, 0.717) is 12.3 Å². The number of carbonyl (C=O) groups is 1. The first kappa shape index (κ1) is 16.7. The van der Waals surface area contributed by atoms with Crippen LogP contribution in [0.25, 0.3) is 0 Å². The second-order valence-corrected chi connectivity index (χ2v) is 6.66. The minimum absolute atomic E-state index is 0.132. The lowest BCUT2D eigenvalue weighted by molar-refractivity contribution is -0.116. The molecule has 1 saturated heterocycles. The van der Waals surface area contributed by atoms with E-state index in [0.717, 1.165) is 31.7 Å². The highest BCUT2D eigenvalue weighted by atomic mass is 16.1. The second-order valence-electron chi connectivity index (χ2n) is 6.66. The lowest BCUT2D eigenvalue weighted by Crippen LogP contribution is -2.33. The normalized spacial score (nSPS) is 16.0. The van der Waals surface area contributed by atoms with Crippen LogP contribution >= 0.6 is 0 Å². The Morgan fingerprint density at radius 3 is 2.25 bits per heavy atom. The smallest absolute Gasteiger partial charge is 0.224 e. The van der Waals surface area contributed by atoms with Crippen LogP contribution in [0, 0.1) is 5.92 Å². The molecule has 0 atom stereocenters. The molecule has 3 heteroatoms. The van der Waals surface area contributed by atoms with Crippen molar-refractivity contribution >= 4 is 11.6 Å². The van der Waals surface area contributed by atoms with Crippen LogP contribution in [0.15, 0.2) is 60.7 Å². The Labute approximate surface area is 144 Å². The highest BCUT2D eigenvalue weighted by molar-refractivity contribution is 5.90. The summed E-state index contributed by atoms with van der Waals surface area (Å²) in [6.07, 6.45) is 4.02. The van der Waals surface area contributed by atoms with Gasteiger partial charge >= 0.3 is 0 Å². The first-order chi connectivity index (χ1) is 11.8. The Morgan fingerprint density at radius 1 is 0.958 bits per heavy atom. The maximum Gasteiger partial charge on any atom is 0.224 e. The lowest BCUT2D eigenvalue weighted by Gasteiger charge is -2.31. The molecule has 0 saturated carbocycles. The summed E-state index contributed by atoms with van der Waals surface area (Å²) >= 11 is 0. The molecule has 0 radical (unpaired) electrons. The zero-order chi connectivity index (χ0) is 16.6. The predicted octanol–water partition coefficient (Wildman–Crippen LogP) is 4.32. The fraction of sp³-hybridized carbons (Fsp3) is 0.381. The molecule has 24 heavy (non-hydrogen) atoms. The average molecular weight is 322 g/mol. The van der Waals surface area contributed by atoms with Crippen LogP contribution < -0.4 is 5.32 Å². The first-order valence-corrected chi connectivity index (χ1v) is 8.91. The van der Waals surface area contributed by atoms with Crippen molar-refractivity contribution in [1.82, 2.24) is 4.90 Å². The largest absolute Gasteiger partial charge is 0.326 e. The third-order valence-electron chi connectivity index (χ3n) is 4.79. The highest BCUT2D eigenvalue weighted by Gasteiger charge is 2.19. The van der Waals surface area contributed by atoms with Gasteiger partial charge in [-0.25, -0.2) is 0 Å². The Kier molecular flexibility index (Phi) is 6.02. The van der Waals surface area contributed by atoms with E-state index in [-0.39, 0.29) is 5.91 Å². The van der Waals surface area contributed by atoms with Gasteiger partial charge in [-0.1, -0.05) is 48.5 Å². The number of likely N-dealkylation sites (tertiary alicyclic amines) is 1. The van der Waals surface area contributed by atoms with Crippen LogP contribution in [0.5, 0.6) is 0 Å². The van der Waals surface area contributed by atoms with E-state index >= 15 is 0 Å². The summed E-state index contributed by atoms with van der Waals surface area (Å²) in [4.78, 5) is 14.6. The molecule has 0 aliphatic carbocycles. The summed E-state index contributed by atoms with van der Waals surface area (Å²) in [6, 6.07) is 20.4. The van der Waals surface area contributed by atoms with Gasteiger partial charge in [-0.05, 0) is 56.0 Å². The van der Waals surface area contributed by atoms with Gasteiger partial charge in [0, 0.05) is 18.7 Å². The number of para-hydroxylation sites is 1. The van der Waals surface area contributed by atoms with Crippen molar-refractivity contribution in [2.24, 2.45) is 5.92 Å². The molecule has 1 aliphatic heterocycles. The van der Waals surface area contributed by atoms with E-state index in [9.17, 15) is 4.79 Å². The molecule has 3 nitrogen and oxygen atoms in total. The number of hydrogen-bond acceptors (Lipinski definition) is 2. The van der Waals surface area contributed by atoms with E-state index in [2.05, 4.69) is 40.5 Å². The Balaban J connectivity index is 1.36. The second kappa shape index (κ2) is 8.65. The minimum atomic E-state index is 0.132. The fourth-order valence-electron chi connectivity index (χ4n) is 3.36. The molecule has 1 aliphatic rings. The maximum atomic E-state index is 12.0. The number of rotatable bonds is 6. The van der Waals surface area contributed by atoms with Crippen molar-refractivity contribution < 1.29 is 4.79 Å². The van der Waals surface area contributed by atoms with Crippen LogP contribution in [0.1, 0.15) is 31.2 Å². The van der Waals surface area contributed by atoms with Crippen LogP contribution in [-0.4, -0.2) is 23.9 Å². The minimum Gasteiger partial charge on any atom is -0.326 e. The molecule has 1 N–H and O–H groups in total. The molecule has 1 fully saturated rings. The summed E-state index contributed by atoms with van der Waals surface area (Å²) in [5.41, 5.74) is 2.28. The topological polar surface area (TPSA) is 32.3 Å². The van der Waals surface area contributed by atoms with Gasteiger partial charge in [-0.15, -0.1) is 0 Å². The molecule has 0 bridgehead atoms. The van der Waals surface area contributed by atoms with Crippen LogP contribution in [-0.2, 0) is 11.3 Å². The van der Waals surface area contributed by atoms with Crippen LogP contribution in [0.4, 0.5) is 5.69 Å². The number of benzene rings is 2. The molecule has 2 aromatic rings. The molecule has 1 amide bonds. The zero-order valence-electron chi connectivity index (χ0n) is 14.2. The van der Waals surface area contributed by atoms with E-state index in [1.807, 2.05) is 30.3 Å². The van der Waals surface area contributed by atoms with E-state index in [1.165, 1.54) is 18.4 Å². The zero-order valence-corrected chi connectivity index (χ0v) is 14.2. The van der Waals surface area contributed by atoms with E-state index in [1.54, 1.807) is 0 Å². The van der Waals surface area contributed by atoms with Gasteiger partial charge in [0.1, 0.15) is 0 Å². The van der Waals surface area contributed by atoms with Crippen LogP contribution in [0.2, 0.25) is 0 Å². The fourth-order valence-corrected chi connectivity index (χ4v) is 3.36. The number of nitrogens with zero attached hydrogens (tertiary/aromatic N) is 1. The van der Waals surface area contributed by atoms with Gasteiger partial charge in [0.25, 0.3) is 0 Å². The molecular formula is C21H26N2O. The molecule has 2 aromatic carbocycles. The number of hydrogen-bond donors (Lipinski definition) is 1. The van der Waals surface area contributed by atoms with Crippen molar-refractivity contribution in [3.63, 3.8) is 0 Å². The summed E-state index contributed by atoms with van der Waals surface area (Å²) in [5, 5.41) is 2.97. The molecule has 0 aromatic heterocycles. The number of anilines is 1. The number of piperidine rings is 1. The summed E-state index contributed by atoms with van der Waals surface area (Å²) in [5.74, 6) is 0.812. The van der Waals surface area contributed by atoms with Crippen molar-refractivity contribution in [2.45, 2.75) is 32.2 Å². The quantitative estimate of drug-likeness (QED) is 0.859. The van der Waals surface area contributed by atoms with Crippen molar-refractivity contribution in [3.8, 4) is 0 Å². The van der Waals surface area contributed by atoms with Crippen molar-refractivity contribution in [3.05, 3.63) is 66.2 Å². The molecule has 126 valence electrons. The standard InChI is InChI=1S/C21H26N2O/c24-21(22-20-9-5-2-6-10-20)12-11-18-13-15-23(16-14-18)17-19-7-3-1-4-8-19/h1-10,18H,11-17H2,(H,22,24). The van der Waals surface area contributed by atoms with Crippen molar-refractivity contribution in [1.29, 1.82) is 0 Å². The Hall–Kier alpha value is -2.13. The van der Waals surface area contributed by atoms with E-state index < -0.39 is 0 Å². The molecule has 0 spiro atoms. The SMILES string of the molecule is O=C(CCC1CCN(Cc2ccccc2)CC1)Nc1ccccc1. The van der Waals surface area contributed by atoms with Crippen molar-refractivity contribution in [2.75, 3.05) is 18.4 Å². The van der Waals surface area contributed by atoms with Crippen LogP contribution in [0.3, 0.4) is 0 Å². The lowest BCUT2D eigenvalue weighted by atomic mass is 9.92. The summed E-state index contributed by atoms with van der Waals surface area (Å²) in [7, 11) is 0. The molecule has 0 unspecified atom stereocenters. The maximum absolute atomic E-state index is 12.0. The molecular weight excluding hydrogens is 296 g/mol. The third-order valence-corrected chi connectivity index (χ3v) is 4.79. The highest BCUT2D eigenvalue weighted by Crippen LogP contribution is 2.23. The monoisotopic (exact) mass is 322 g/mol. The Morgan fingerprint density at radius 2 is 1.58 bits per heavy atom. The summed E-state index contributed by atoms with van der Waals surface area (Å²) in [6.45, 7) is 3.32. The van der Waals surface area contributed by atoms with Gasteiger partial charge in [-0.2, -0.15) is 0 Å². The average Bonchev–Trinajstić information content (AvgIpc) is 2.63. The third kappa shape index (κ3) is 5.20. The van der Waals surface area contributed by atoms with Gasteiger partial charge in [0.05, 0.1) is 0 Å².